The van der Waals surface area contributed by atoms with E-state index in [0.29, 0.717) is 12.5 Å². The smallest absolute Gasteiger partial charge is 0.119 e. The van der Waals surface area contributed by atoms with Crippen LogP contribution in [0.15, 0.2) is 24.3 Å². The third-order valence-corrected chi connectivity index (χ3v) is 4.50. The first-order chi connectivity index (χ1) is 9.30. The van der Waals surface area contributed by atoms with Crippen molar-refractivity contribution in [3.05, 3.63) is 45.4 Å². The Hall–Kier alpha value is -1.39. The minimum atomic E-state index is 0.613. The maximum Gasteiger partial charge on any atom is 0.119 e. The van der Waals surface area contributed by atoms with Crippen molar-refractivity contribution in [2.75, 3.05) is 7.11 Å². The van der Waals surface area contributed by atoms with Gasteiger partial charge in [0.25, 0.3) is 0 Å². The Bertz CT molecular complexity index is 575. The molecule has 1 saturated carbocycles. The van der Waals surface area contributed by atoms with Gasteiger partial charge in [0.1, 0.15) is 5.75 Å². The van der Waals surface area contributed by atoms with Gasteiger partial charge in [-0.3, -0.25) is 0 Å². The van der Waals surface area contributed by atoms with Gasteiger partial charge in [-0.15, -0.1) is 11.3 Å². The molecule has 0 aliphatic heterocycles. The molecular weight excluding hydrogens is 256 g/mol. The van der Waals surface area contributed by atoms with Crippen molar-refractivity contribution in [2.24, 2.45) is 5.73 Å². The van der Waals surface area contributed by atoms with Crippen LogP contribution in [0.4, 0.5) is 0 Å². The molecular formula is C15H18N2OS. The number of nitrogens with two attached hydrogens (primary N) is 1. The van der Waals surface area contributed by atoms with Crippen LogP contribution in [0.1, 0.15) is 39.9 Å². The molecule has 100 valence electrons. The van der Waals surface area contributed by atoms with Gasteiger partial charge in [-0.25, -0.2) is 4.98 Å². The summed E-state index contributed by atoms with van der Waals surface area (Å²) >= 11 is 1.76. The zero-order valence-corrected chi connectivity index (χ0v) is 11.9. The predicted molar refractivity (Wildman–Crippen MR) is 77.8 cm³/mol. The van der Waals surface area contributed by atoms with Crippen molar-refractivity contribution in [1.82, 2.24) is 4.98 Å². The average Bonchev–Trinajstić information content (AvgIpc) is 3.21. The molecule has 19 heavy (non-hydrogen) atoms. The fraction of sp³-hybridized carbons (Fsp3) is 0.400. The third kappa shape index (κ3) is 2.80. The number of hydrogen-bond acceptors (Lipinski definition) is 4. The van der Waals surface area contributed by atoms with Crippen LogP contribution in [0, 0.1) is 0 Å². The maximum absolute atomic E-state index is 5.82. The average molecular weight is 274 g/mol. The lowest BCUT2D eigenvalue weighted by Gasteiger charge is -2.02. The van der Waals surface area contributed by atoms with E-state index in [1.54, 1.807) is 18.4 Å². The van der Waals surface area contributed by atoms with Crippen LogP contribution in [0.25, 0.3) is 0 Å². The summed E-state index contributed by atoms with van der Waals surface area (Å²) in [5, 5.41) is 1.16. The molecule has 0 radical (unpaired) electrons. The lowest BCUT2D eigenvalue weighted by atomic mass is 10.1. The first-order valence-electron chi connectivity index (χ1n) is 6.61. The molecule has 1 heterocycles. The van der Waals surface area contributed by atoms with Gasteiger partial charge in [0.15, 0.2) is 0 Å². The first kappa shape index (κ1) is 12.6. The second-order valence-corrected chi connectivity index (χ2v) is 6.09. The Morgan fingerprint density at radius 3 is 2.95 bits per heavy atom. The number of ether oxygens (including phenoxy) is 1. The van der Waals surface area contributed by atoms with Crippen LogP contribution in [-0.4, -0.2) is 12.1 Å². The van der Waals surface area contributed by atoms with Crippen LogP contribution in [0.2, 0.25) is 0 Å². The molecule has 0 saturated heterocycles. The van der Waals surface area contributed by atoms with E-state index in [1.807, 2.05) is 12.1 Å². The number of thiazole rings is 1. The second-order valence-electron chi connectivity index (χ2n) is 4.92. The number of aromatic nitrogens is 1. The summed E-state index contributed by atoms with van der Waals surface area (Å²) in [6.07, 6.45) is 3.41. The molecule has 3 rings (SSSR count). The molecule has 1 aliphatic rings. The van der Waals surface area contributed by atoms with Crippen molar-refractivity contribution in [1.29, 1.82) is 0 Å². The molecule has 1 aromatic heterocycles. The van der Waals surface area contributed by atoms with E-state index in [1.165, 1.54) is 29.0 Å². The summed E-state index contributed by atoms with van der Waals surface area (Å²) in [5.74, 6) is 1.57. The topological polar surface area (TPSA) is 48.1 Å². The van der Waals surface area contributed by atoms with Crippen LogP contribution >= 0.6 is 11.3 Å². The molecule has 0 unspecified atom stereocenters. The van der Waals surface area contributed by atoms with E-state index in [4.69, 9.17) is 15.5 Å². The monoisotopic (exact) mass is 274 g/mol. The standard InChI is InChI=1S/C15H18N2OS/c1-18-12-4-2-3-10(7-12)8-14-17-15(11-5-6-11)13(9-16)19-14/h2-4,7,11H,5-6,8-9,16H2,1H3. The highest BCUT2D eigenvalue weighted by Crippen LogP contribution is 2.42. The normalized spacial score (nSPS) is 14.6. The van der Waals surface area contributed by atoms with Crippen LogP contribution in [0.5, 0.6) is 5.75 Å². The van der Waals surface area contributed by atoms with Crippen molar-refractivity contribution in [3.8, 4) is 5.75 Å². The predicted octanol–water partition coefficient (Wildman–Crippen LogP) is 3.08. The molecule has 0 atom stereocenters. The fourth-order valence-corrected chi connectivity index (χ4v) is 3.34. The Labute approximate surface area is 117 Å². The molecule has 2 N–H and O–H groups in total. The summed E-state index contributed by atoms with van der Waals surface area (Å²) in [6.45, 7) is 0.613. The van der Waals surface area contributed by atoms with Gasteiger partial charge in [-0.1, -0.05) is 12.1 Å². The lowest BCUT2D eigenvalue weighted by Crippen LogP contribution is -1.97. The largest absolute Gasteiger partial charge is 0.497 e. The maximum atomic E-state index is 5.82. The van der Waals surface area contributed by atoms with Gasteiger partial charge in [0, 0.05) is 23.8 Å². The Morgan fingerprint density at radius 2 is 2.26 bits per heavy atom. The highest BCUT2D eigenvalue weighted by atomic mass is 32.1. The minimum absolute atomic E-state index is 0.613. The van der Waals surface area contributed by atoms with Gasteiger partial charge in [0.2, 0.25) is 0 Å². The van der Waals surface area contributed by atoms with Crippen molar-refractivity contribution < 1.29 is 4.74 Å². The molecule has 2 aromatic rings. The van der Waals surface area contributed by atoms with E-state index in [9.17, 15) is 0 Å². The molecule has 0 bridgehead atoms. The molecule has 3 nitrogen and oxygen atoms in total. The van der Waals surface area contributed by atoms with Gasteiger partial charge in [0.05, 0.1) is 17.8 Å². The van der Waals surface area contributed by atoms with Crippen LogP contribution < -0.4 is 10.5 Å². The van der Waals surface area contributed by atoms with E-state index < -0.39 is 0 Å². The van der Waals surface area contributed by atoms with Gasteiger partial charge in [-0.2, -0.15) is 0 Å². The number of rotatable bonds is 5. The van der Waals surface area contributed by atoms with Crippen molar-refractivity contribution >= 4 is 11.3 Å². The molecule has 0 amide bonds. The zero-order chi connectivity index (χ0) is 13.2. The molecule has 0 spiro atoms. The van der Waals surface area contributed by atoms with E-state index in [2.05, 4.69) is 12.1 Å². The Kier molecular flexibility index (Phi) is 3.53. The Balaban J connectivity index is 1.82. The summed E-state index contributed by atoms with van der Waals surface area (Å²) in [6, 6.07) is 8.17. The highest BCUT2D eigenvalue weighted by Gasteiger charge is 2.29. The van der Waals surface area contributed by atoms with Crippen molar-refractivity contribution in [3.63, 3.8) is 0 Å². The zero-order valence-electron chi connectivity index (χ0n) is 11.1. The van der Waals surface area contributed by atoms with Gasteiger partial charge < -0.3 is 10.5 Å². The fourth-order valence-electron chi connectivity index (χ4n) is 2.27. The molecule has 1 aromatic carbocycles. The van der Waals surface area contributed by atoms with E-state index in [-0.39, 0.29) is 0 Å². The molecule has 1 fully saturated rings. The number of hydrogen-bond donors (Lipinski definition) is 1. The Morgan fingerprint density at radius 1 is 1.42 bits per heavy atom. The van der Waals surface area contributed by atoms with Crippen LogP contribution in [0.3, 0.4) is 0 Å². The summed E-state index contributed by atoms with van der Waals surface area (Å²) in [5.41, 5.74) is 8.31. The number of methoxy groups -OCH3 is 1. The second kappa shape index (κ2) is 5.31. The summed E-state index contributed by atoms with van der Waals surface area (Å²) < 4.78 is 5.25. The number of benzene rings is 1. The quantitative estimate of drug-likeness (QED) is 0.911. The van der Waals surface area contributed by atoms with E-state index >= 15 is 0 Å². The SMILES string of the molecule is COc1cccc(Cc2nc(C3CC3)c(CN)s2)c1. The lowest BCUT2D eigenvalue weighted by molar-refractivity contribution is 0.414. The molecule has 4 heteroatoms. The first-order valence-corrected chi connectivity index (χ1v) is 7.43. The van der Waals surface area contributed by atoms with Gasteiger partial charge >= 0.3 is 0 Å². The highest BCUT2D eigenvalue weighted by molar-refractivity contribution is 7.11. The third-order valence-electron chi connectivity index (χ3n) is 3.41. The van der Waals surface area contributed by atoms with Crippen LogP contribution in [-0.2, 0) is 13.0 Å². The van der Waals surface area contributed by atoms with Gasteiger partial charge in [-0.05, 0) is 30.5 Å². The van der Waals surface area contributed by atoms with E-state index in [0.717, 1.165) is 17.2 Å². The summed E-state index contributed by atoms with van der Waals surface area (Å²) in [4.78, 5) is 6.06. The number of nitrogens with zero attached hydrogens (tertiary/aromatic N) is 1. The minimum Gasteiger partial charge on any atom is -0.497 e. The molecule has 1 aliphatic carbocycles. The van der Waals surface area contributed by atoms with Crippen molar-refractivity contribution in [2.45, 2.75) is 31.7 Å². The summed E-state index contributed by atoms with van der Waals surface area (Å²) in [7, 11) is 1.69.